The Morgan fingerprint density at radius 3 is 2.55 bits per heavy atom. The number of ether oxygens (including phenoxy) is 2. The number of hydrogen-bond acceptors (Lipinski definition) is 3. The molecule has 0 aliphatic rings. The Balaban J connectivity index is 2.67. The van der Waals surface area contributed by atoms with Gasteiger partial charge in [-0.15, -0.1) is 0 Å². The predicted octanol–water partition coefficient (Wildman–Crippen LogP) is 3.69. The van der Waals surface area contributed by atoms with E-state index in [4.69, 9.17) is 9.47 Å². The molecule has 3 nitrogen and oxygen atoms in total. The molecule has 1 N–H and O–H groups in total. The number of rotatable bonds is 7. The highest BCUT2D eigenvalue weighted by Crippen LogP contribution is 2.27. The third kappa shape index (κ3) is 5.47. The highest BCUT2D eigenvalue weighted by molar-refractivity contribution is 5.37. The Morgan fingerprint density at radius 1 is 1.25 bits per heavy atom. The molecule has 0 radical (unpaired) electrons. The van der Waals surface area contributed by atoms with Crippen LogP contribution in [0.5, 0.6) is 5.75 Å². The van der Waals surface area contributed by atoms with Gasteiger partial charge >= 0.3 is 0 Å². The van der Waals surface area contributed by atoms with E-state index in [-0.39, 0.29) is 17.5 Å². The Labute approximate surface area is 121 Å². The van der Waals surface area contributed by atoms with Gasteiger partial charge in [-0.1, -0.05) is 13.0 Å². The van der Waals surface area contributed by atoms with Crippen LogP contribution >= 0.6 is 0 Å². The summed E-state index contributed by atoms with van der Waals surface area (Å²) in [6.07, 6.45) is 0. The third-order valence-corrected chi connectivity index (χ3v) is 2.83. The van der Waals surface area contributed by atoms with Gasteiger partial charge in [0.25, 0.3) is 0 Å². The van der Waals surface area contributed by atoms with Gasteiger partial charge in [0.05, 0.1) is 12.2 Å². The smallest absolute Gasteiger partial charge is 0.131 e. The molecule has 0 aliphatic carbocycles. The minimum Gasteiger partial charge on any atom is -0.491 e. The molecule has 0 aliphatic heterocycles. The molecule has 0 saturated heterocycles. The van der Waals surface area contributed by atoms with Gasteiger partial charge < -0.3 is 14.8 Å². The van der Waals surface area contributed by atoms with E-state index in [9.17, 15) is 4.39 Å². The second kappa shape index (κ2) is 7.60. The lowest BCUT2D eigenvalue weighted by atomic mass is 10.1. The molecule has 0 saturated carbocycles. The molecular formula is C16H26FNO2. The summed E-state index contributed by atoms with van der Waals surface area (Å²) >= 11 is 0. The van der Waals surface area contributed by atoms with Crippen molar-refractivity contribution in [2.45, 2.75) is 46.3 Å². The Kier molecular flexibility index (Phi) is 6.43. The molecular weight excluding hydrogens is 257 g/mol. The molecule has 0 fully saturated rings. The standard InChI is InChI=1S/C16H26FNO2/c1-6-18-12(2)15-13(17)8-7-9-14(15)19-10-11-20-16(3,4)5/h7-9,12,18H,6,10-11H2,1-5H3. The van der Waals surface area contributed by atoms with Crippen LogP contribution in [0, 0.1) is 5.82 Å². The van der Waals surface area contributed by atoms with Gasteiger partial charge in [-0.25, -0.2) is 4.39 Å². The molecule has 1 aromatic carbocycles. The van der Waals surface area contributed by atoms with Crippen LogP contribution in [0.2, 0.25) is 0 Å². The zero-order valence-electron chi connectivity index (χ0n) is 13.1. The molecule has 114 valence electrons. The summed E-state index contributed by atoms with van der Waals surface area (Å²) in [6.45, 7) is 11.6. The first-order chi connectivity index (χ1) is 9.35. The first-order valence-electron chi connectivity index (χ1n) is 7.13. The van der Waals surface area contributed by atoms with Crippen LogP contribution in [0.15, 0.2) is 18.2 Å². The summed E-state index contributed by atoms with van der Waals surface area (Å²) in [7, 11) is 0. The van der Waals surface area contributed by atoms with Gasteiger partial charge in [-0.2, -0.15) is 0 Å². The molecule has 0 heterocycles. The molecule has 0 spiro atoms. The first-order valence-corrected chi connectivity index (χ1v) is 7.13. The zero-order valence-corrected chi connectivity index (χ0v) is 13.1. The van der Waals surface area contributed by atoms with E-state index >= 15 is 0 Å². The van der Waals surface area contributed by atoms with Crippen molar-refractivity contribution in [1.29, 1.82) is 0 Å². The van der Waals surface area contributed by atoms with Gasteiger partial charge in [-0.3, -0.25) is 0 Å². The van der Waals surface area contributed by atoms with Crippen molar-refractivity contribution in [2.24, 2.45) is 0 Å². The quantitative estimate of drug-likeness (QED) is 0.774. The Hall–Kier alpha value is -1.13. The summed E-state index contributed by atoms with van der Waals surface area (Å²) in [5, 5.41) is 3.21. The van der Waals surface area contributed by atoms with Gasteiger partial charge in [0, 0.05) is 11.6 Å². The normalized spacial score (nSPS) is 13.3. The molecule has 1 rings (SSSR count). The van der Waals surface area contributed by atoms with Crippen LogP contribution < -0.4 is 10.1 Å². The van der Waals surface area contributed by atoms with E-state index < -0.39 is 0 Å². The van der Waals surface area contributed by atoms with E-state index in [1.54, 1.807) is 12.1 Å². The van der Waals surface area contributed by atoms with Crippen molar-refractivity contribution < 1.29 is 13.9 Å². The Morgan fingerprint density at radius 2 is 1.95 bits per heavy atom. The average molecular weight is 283 g/mol. The molecule has 0 aromatic heterocycles. The first kappa shape index (κ1) is 16.9. The average Bonchev–Trinajstić information content (AvgIpc) is 2.33. The third-order valence-electron chi connectivity index (χ3n) is 2.83. The van der Waals surface area contributed by atoms with Crippen LogP contribution in [-0.4, -0.2) is 25.4 Å². The summed E-state index contributed by atoms with van der Waals surface area (Å²) in [5.41, 5.74) is 0.385. The summed E-state index contributed by atoms with van der Waals surface area (Å²) in [6, 6.07) is 4.84. The fourth-order valence-electron chi connectivity index (χ4n) is 1.97. The molecule has 1 unspecified atom stereocenters. The lowest BCUT2D eigenvalue weighted by molar-refractivity contribution is -0.0164. The molecule has 0 amide bonds. The molecule has 4 heteroatoms. The highest BCUT2D eigenvalue weighted by atomic mass is 19.1. The minimum atomic E-state index is -0.243. The number of nitrogens with one attached hydrogen (secondary N) is 1. The summed E-state index contributed by atoms with van der Waals surface area (Å²) in [5.74, 6) is 0.337. The molecule has 20 heavy (non-hydrogen) atoms. The van der Waals surface area contributed by atoms with Crippen molar-refractivity contribution in [3.05, 3.63) is 29.6 Å². The minimum absolute atomic E-state index is 0.0836. The van der Waals surface area contributed by atoms with E-state index in [0.29, 0.717) is 24.5 Å². The predicted molar refractivity (Wildman–Crippen MR) is 79.7 cm³/mol. The summed E-state index contributed by atoms with van der Waals surface area (Å²) < 4.78 is 25.2. The number of hydrogen-bond donors (Lipinski definition) is 1. The second-order valence-electron chi connectivity index (χ2n) is 5.74. The Bertz CT molecular complexity index is 415. The van der Waals surface area contributed by atoms with Crippen molar-refractivity contribution in [2.75, 3.05) is 19.8 Å². The lowest BCUT2D eigenvalue weighted by Gasteiger charge is -2.21. The van der Waals surface area contributed by atoms with Gasteiger partial charge in [0.2, 0.25) is 0 Å². The number of halogens is 1. The maximum absolute atomic E-state index is 14.0. The van der Waals surface area contributed by atoms with Gasteiger partial charge in [-0.05, 0) is 46.4 Å². The van der Waals surface area contributed by atoms with E-state index in [0.717, 1.165) is 6.54 Å². The largest absolute Gasteiger partial charge is 0.491 e. The zero-order chi connectivity index (χ0) is 15.2. The van der Waals surface area contributed by atoms with Crippen molar-refractivity contribution in [1.82, 2.24) is 5.32 Å². The summed E-state index contributed by atoms with van der Waals surface area (Å²) in [4.78, 5) is 0. The molecule has 0 bridgehead atoms. The van der Waals surface area contributed by atoms with Crippen LogP contribution in [0.1, 0.15) is 46.2 Å². The highest BCUT2D eigenvalue weighted by Gasteiger charge is 2.16. The lowest BCUT2D eigenvalue weighted by Crippen LogP contribution is -2.23. The monoisotopic (exact) mass is 283 g/mol. The van der Waals surface area contributed by atoms with Crippen LogP contribution in [-0.2, 0) is 4.74 Å². The number of benzene rings is 1. The van der Waals surface area contributed by atoms with Gasteiger partial charge in [0.15, 0.2) is 0 Å². The van der Waals surface area contributed by atoms with Gasteiger partial charge in [0.1, 0.15) is 18.2 Å². The SMILES string of the molecule is CCNC(C)c1c(F)cccc1OCCOC(C)(C)C. The molecule has 1 aromatic rings. The maximum Gasteiger partial charge on any atom is 0.131 e. The van der Waals surface area contributed by atoms with E-state index in [2.05, 4.69) is 5.32 Å². The fraction of sp³-hybridized carbons (Fsp3) is 0.625. The topological polar surface area (TPSA) is 30.5 Å². The van der Waals surface area contributed by atoms with Crippen LogP contribution in [0.4, 0.5) is 4.39 Å². The van der Waals surface area contributed by atoms with Crippen molar-refractivity contribution in [3.8, 4) is 5.75 Å². The maximum atomic E-state index is 14.0. The van der Waals surface area contributed by atoms with Crippen molar-refractivity contribution in [3.63, 3.8) is 0 Å². The van der Waals surface area contributed by atoms with E-state index in [1.165, 1.54) is 6.07 Å². The van der Waals surface area contributed by atoms with Crippen LogP contribution in [0.3, 0.4) is 0 Å². The fourth-order valence-corrected chi connectivity index (χ4v) is 1.97. The molecule has 1 atom stereocenters. The van der Waals surface area contributed by atoms with Crippen molar-refractivity contribution >= 4 is 0 Å². The second-order valence-corrected chi connectivity index (χ2v) is 5.74. The van der Waals surface area contributed by atoms with E-state index in [1.807, 2.05) is 34.6 Å². The van der Waals surface area contributed by atoms with Crippen LogP contribution in [0.25, 0.3) is 0 Å².